The largest absolute Gasteiger partial charge is 0.490 e. The Balaban J connectivity index is 2.10. The predicted molar refractivity (Wildman–Crippen MR) is 77.4 cm³/mol. The molecule has 1 aliphatic carbocycles. The highest BCUT2D eigenvalue weighted by Crippen LogP contribution is 2.46. The van der Waals surface area contributed by atoms with Crippen LogP contribution < -0.4 is 10.1 Å². The van der Waals surface area contributed by atoms with Gasteiger partial charge < -0.3 is 10.1 Å². The average Bonchev–Trinajstić information content (AvgIpc) is 3.24. The van der Waals surface area contributed by atoms with Gasteiger partial charge in [0.05, 0.1) is 12.0 Å². The zero-order valence-electron chi connectivity index (χ0n) is 11.0. The van der Waals surface area contributed by atoms with Gasteiger partial charge >= 0.3 is 5.69 Å². The van der Waals surface area contributed by atoms with E-state index in [1.807, 2.05) is 0 Å². The Morgan fingerprint density at radius 2 is 2.25 bits per heavy atom. The van der Waals surface area contributed by atoms with E-state index in [9.17, 15) is 14.9 Å². The molecule has 6 nitrogen and oxygen atoms in total. The van der Waals surface area contributed by atoms with Crippen molar-refractivity contribution in [3.8, 4) is 5.75 Å². The molecule has 1 aromatic rings. The Morgan fingerprint density at radius 3 is 2.75 bits per heavy atom. The number of carbonyl (C=O) groups excluding carboxylic acids is 1. The Hall–Kier alpha value is -1.63. The summed E-state index contributed by atoms with van der Waals surface area (Å²) >= 11 is 3.43. The third kappa shape index (κ3) is 3.09. The molecule has 0 saturated heterocycles. The Morgan fingerprint density at radius 1 is 1.55 bits per heavy atom. The molecule has 1 amide bonds. The fraction of sp³-hybridized carbons (Fsp3) is 0.462. The molecule has 0 heterocycles. The third-order valence-electron chi connectivity index (χ3n) is 3.50. The van der Waals surface area contributed by atoms with Crippen LogP contribution in [0.25, 0.3) is 0 Å². The van der Waals surface area contributed by atoms with E-state index >= 15 is 0 Å². The number of alkyl halides is 1. The van der Waals surface area contributed by atoms with Crippen LogP contribution in [0.5, 0.6) is 5.75 Å². The topological polar surface area (TPSA) is 81.5 Å². The first-order chi connectivity index (χ1) is 9.51. The summed E-state index contributed by atoms with van der Waals surface area (Å²) in [6.45, 7) is 0.580. The molecule has 0 atom stereocenters. The highest BCUT2D eigenvalue weighted by molar-refractivity contribution is 9.09. The normalized spacial score (nSPS) is 15.5. The van der Waals surface area contributed by atoms with Crippen LogP contribution in [-0.4, -0.2) is 29.8 Å². The van der Waals surface area contributed by atoms with Crippen LogP contribution in [0.4, 0.5) is 5.69 Å². The number of nitro benzene ring substituents is 1. The zero-order valence-corrected chi connectivity index (χ0v) is 12.6. The zero-order chi connectivity index (χ0) is 14.8. The molecular weight excluding hydrogens is 328 g/mol. The second kappa shape index (κ2) is 5.78. The van der Waals surface area contributed by atoms with E-state index in [0.717, 1.165) is 18.2 Å². The van der Waals surface area contributed by atoms with Gasteiger partial charge in [0.1, 0.15) is 0 Å². The lowest BCUT2D eigenvalue weighted by Gasteiger charge is -2.12. The molecule has 0 spiro atoms. The van der Waals surface area contributed by atoms with E-state index in [2.05, 4.69) is 21.2 Å². The van der Waals surface area contributed by atoms with E-state index in [-0.39, 0.29) is 28.3 Å². The number of carbonyl (C=O) groups is 1. The molecule has 0 bridgehead atoms. The summed E-state index contributed by atoms with van der Waals surface area (Å²) in [5.74, 6) is -0.159. The molecule has 2 rings (SSSR count). The number of nitrogens with one attached hydrogen (secondary N) is 1. The van der Waals surface area contributed by atoms with Crippen molar-refractivity contribution in [3.63, 3.8) is 0 Å². The summed E-state index contributed by atoms with van der Waals surface area (Å²) in [6, 6.07) is 4.20. The van der Waals surface area contributed by atoms with Crippen LogP contribution in [0.1, 0.15) is 23.2 Å². The number of benzene rings is 1. The van der Waals surface area contributed by atoms with Crippen molar-refractivity contribution in [1.82, 2.24) is 5.32 Å². The summed E-state index contributed by atoms with van der Waals surface area (Å²) in [4.78, 5) is 22.4. The van der Waals surface area contributed by atoms with Crippen molar-refractivity contribution in [2.24, 2.45) is 5.41 Å². The summed E-state index contributed by atoms with van der Waals surface area (Å²) in [5.41, 5.74) is 0.221. The van der Waals surface area contributed by atoms with Crippen molar-refractivity contribution < 1.29 is 14.5 Å². The quantitative estimate of drug-likeness (QED) is 0.489. The van der Waals surface area contributed by atoms with Gasteiger partial charge in [-0.05, 0) is 30.4 Å². The number of amides is 1. The van der Waals surface area contributed by atoms with E-state index in [0.29, 0.717) is 6.54 Å². The molecule has 1 fully saturated rings. The van der Waals surface area contributed by atoms with Gasteiger partial charge in [-0.3, -0.25) is 14.9 Å². The number of hydrogen-bond acceptors (Lipinski definition) is 4. The van der Waals surface area contributed by atoms with E-state index in [4.69, 9.17) is 4.74 Å². The second-order valence-electron chi connectivity index (χ2n) is 4.96. The highest BCUT2D eigenvalue weighted by Gasteiger charge is 2.41. The fourth-order valence-corrected chi connectivity index (χ4v) is 2.64. The lowest BCUT2D eigenvalue weighted by molar-refractivity contribution is -0.385. The minimum atomic E-state index is -0.559. The number of nitro groups is 1. The van der Waals surface area contributed by atoms with Gasteiger partial charge in [-0.2, -0.15) is 0 Å². The monoisotopic (exact) mass is 342 g/mol. The van der Waals surface area contributed by atoms with Crippen molar-refractivity contribution >= 4 is 27.5 Å². The van der Waals surface area contributed by atoms with Gasteiger partial charge in [0.2, 0.25) is 0 Å². The summed E-state index contributed by atoms with van der Waals surface area (Å²) in [6.07, 6.45) is 2.17. The van der Waals surface area contributed by atoms with Gasteiger partial charge in [-0.25, -0.2) is 0 Å². The molecular formula is C13H15BrN2O4. The van der Waals surface area contributed by atoms with Crippen LogP contribution in [0.3, 0.4) is 0 Å². The first-order valence-electron chi connectivity index (χ1n) is 6.18. The first-order valence-corrected chi connectivity index (χ1v) is 7.30. The van der Waals surface area contributed by atoms with Crippen molar-refractivity contribution in [3.05, 3.63) is 33.9 Å². The molecule has 1 N–H and O–H groups in total. The summed E-state index contributed by atoms with van der Waals surface area (Å²) < 4.78 is 4.90. The van der Waals surface area contributed by atoms with Gasteiger partial charge in [0.25, 0.3) is 5.91 Å². The first kappa shape index (κ1) is 14.8. The molecule has 0 unspecified atom stereocenters. The molecule has 108 valence electrons. The Kier molecular flexibility index (Phi) is 4.27. The number of nitrogens with zero attached hydrogens (tertiary/aromatic N) is 1. The lowest BCUT2D eigenvalue weighted by Crippen LogP contribution is -2.30. The van der Waals surface area contributed by atoms with Crippen molar-refractivity contribution in [2.45, 2.75) is 12.8 Å². The van der Waals surface area contributed by atoms with Crippen molar-refractivity contribution in [2.75, 3.05) is 19.0 Å². The maximum Gasteiger partial charge on any atom is 0.311 e. The highest BCUT2D eigenvalue weighted by atomic mass is 79.9. The van der Waals surface area contributed by atoms with Crippen LogP contribution in [0.2, 0.25) is 0 Å². The lowest BCUT2D eigenvalue weighted by atomic mass is 10.1. The molecule has 7 heteroatoms. The smallest absolute Gasteiger partial charge is 0.311 e. The average molecular weight is 343 g/mol. The molecule has 1 aromatic carbocycles. The number of rotatable bonds is 6. The molecule has 0 radical (unpaired) electrons. The molecule has 0 aliphatic heterocycles. The minimum Gasteiger partial charge on any atom is -0.490 e. The number of methoxy groups -OCH3 is 1. The van der Waals surface area contributed by atoms with Crippen LogP contribution in [0, 0.1) is 15.5 Å². The second-order valence-corrected chi connectivity index (χ2v) is 5.52. The van der Waals surface area contributed by atoms with Gasteiger partial charge in [-0.15, -0.1) is 0 Å². The molecule has 0 aromatic heterocycles. The summed E-state index contributed by atoms with van der Waals surface area (Å²) in [5, 5.41) is 14.6. The SMILES string of the molecule is COc1ccc(C(=O)NCC2(CBr)CC2)cc1[N+](=O)[O-]. The fourth-order valence-electron chi connectivity index (χ4n) is 1.88. The van der Waals surface area contributed by atoms with Crippen LogP contribution >= 0.6 is 15.9 Å². The van der Waals surface area contributed by atoms with Crippen LogP contribution in [-0.2, 0) is 0 Å². The van der Waals surface area contributed by atoms with Gasteiger partial charge in [-0.1, -0.05) is 15.9 Å². The number of hydrogen-bond donors (Lipinski definition) is 1. The van der Waals surface area contributed by atoms with Gasteiger partial charge in [0.15, 0.2) is 5.75 Å². The number of ether oxygens (including phenoxy) is 1. The summed E-state index contributed by atoms with van der Waals surface area (Å²) in [7, 11) is 1.36. The van der Waals surface area contributed by atoms with Crippen molar-refractivity contribution in [1.29, 1.82) is 0 Å². The molecule has 1 saturated carbocycles. The van der Waals surface area contributed by atoms with E-state index < -0.39 is 4.92 Å². The minimum absolute atomic E-state index is 0.144. The van der Waals surface area contributed by atoms with Gasteiger partial charge in [0, 0.05) is 23.5 Å². The van der Waals surface area contributed by atoms with E-state index in [1.54, 1.807) is 0 Å². The Labute approximate surface area is 124 Å². The van der Waals surface area contributed by atoms with E-state index in [1.165, 1.54) is 25.3 Å². The standard InChI is InChI=1S/C13H15BrN2O4/c1-20-11-3-2-9(6-10(11)16(18)19)12(17)15-8-13(7-14)4-5-13/h2-3,6H,4-5,7-8H2,1H3,(H,15,17). The third-order valence-corrected chi connectivity index (χ3v) is 4.69. The molecule has 20 heavy (non-hydrogen) atoms. The molecule has 1 aliphatic rings. The maximum atomic E-state index is 12.0. The Bertz CT molecular complexity index is 543. The van der Waals surface area contributed by atoms with Crippen LogP contribution in [0.15, 0.2) is 18.2 Å². The maximum absolute atomic E-state index is 12.0. The predicted octanol–water partition coefficient (Wildman–Crippen LogP) is 2.51. The number of halogens is 1.